The van der Waals surface area contributed by atoms with Crippen LogP contribution in [0.2, 0.25) is 0 Å². The van der Waals surface area contributed by atoms with Gasteiger partial charge in [-0.25, -0.2) is 0 Å². The fraction of sp³-hybridized carbons (Fsp3) is 0.750. The Morgan fingerprint density at radius 2 is 2.20 bits per heavy atom. The zero-order chi connectivity index (χ0) is 7.98. The number of hydrogen-bond donors (Lipinski definition) is 1. The summed E-state index contributed by atoms with van der Waals surface area (Å²) in [5, 5.41) is 0. The van der Waals surface area contributed by atoms with Crippen LogP contribution >= 0.6 is 0 Å². The summed E-state index contributed by atoms with van der Waals surface area (Å²) in [6.45, 7) is 8.93. The van der Waals surface area contributed by atoms with Crippen molar-refractivity contribution in [1.29, 1.82) is 0 Å². The molecule has 0 aromatic rings. The molecule has 10 heavy (non-hydrogen) atoms. The third kappa shape index (κ3) is 4.53. The lowest BCUT2D eigenvalue weighted by molar-refractivity contribution is 0.134. The fourth-order valence-electron chi connectivity index (χ4n) is 0.480. The first kappa shape index (κ1) is 9.66. The Labute approximate surface area is 63.1 Å². The Kier molecular flexibility index (Phi) is 5.26. The minimum atomic E-state index is 0.153. The second-order valence-corrected chi connectivity index (χ2v) is 2.73. The average molecular weight is 143 g/mol. The highest BCUT2D eigenvalue weighted by Gasteiger charge is 2.05. The molecular formula is C8H17NO. The quantitative estimate of drug-likeness (QED) is 0.463. The Bertz CT molecular complexity index is 91.3. The van der Waals surface area contributed by atoms with Gasteiger partial charge in [0, 0.05) is 6.04 Å². The average Bonchev–Trinajstić information content (AvgIpc) is 1.88. The summed E-state index contributed by atoms with van der Waals surface area (Å²) < 4.78 is 5.16. The second kappa shape index (κ2) is 5.45. The van der Waals surface area contributed by atoms with Crippen LogP contribution in [0.4, 0.5) is 0 Å². The third-order valence-corrected chi connectivity index (χ3v) is 1.40. The molecule has 0 spiro atoms. The van der Waals surface area contributed by atoms with Crippen molar-refractivity contribution in [1.82, 2.24) is 0 Å². The SMILES string of the molecule is C=CCOC[C@H](N)C(C)C. The molecule has 0 fully saturated rings. The molecule has 1 atom stereocenters. The molecule has 2 heteroatoms. The van der Waals surface area contributed by atoms with Gasteiger partial charge in [-0.05, 0) is 5.92 Å². The van der Waals surface area contributed by atoms with E-state index in [0.717, 1.165) is 0 Å². The van der Waals surface area contributed by atoms with Gasteiger partial charge < -0.3 is 10.5 Å². The summed E-state index contributed by atoms with van der Waals surface area (Å²) in [6.07, 6.45) is 1.73. The van der Waals surface area contributed by atoms with Crippen molar-refractivity contribution in [3.8, 4) is 0 Å². The molecule has 2 nitrogen and oxygen atoms in total. The van der Waals surface area contributed by atoms with Gasteiger partial charge in [0.25, 0.3) is 0 Å². The van der Waals surface area contributed by atoms with Gasteiger partial charge in [-0.2, -0.15) is 0 Å². The van der Waals surface area contributed by atoms with Gasteiger partial charge in [0.15, 0.2) is 0 Å². The maximum atomic E-state index is 5.70. The van der Waals surface area contributed by atoms with Crippen LogP contribution in [0.15, 0.2) is 12.7 Å². The molecule has 60 valence electrons. The summed E-state index contributed by atoms with van der Waals surface area (Å²) in [6, 6.07) is 0.153. The second-order valence-electron chi connectivity index (χ2n) is 2.73. The Morgan fingerprint density at radius 1 is 1.60 bits per heavy atom. The van der Waals surface area contributed by atoms with Crippen LogP contribution in [0.1, 0.15) is 13.8 Å². The van der Waals surface area contributed by atoms with Crippen LogP contribution < -0.4 is 5.73 Å². The van der Waals surface area contributed by atoms with Crippen molar-refractivity contribution in [2.24, 2.45) is 11.7 Å². The topological polar surface area (TPSA) is 35.2 Å². The minimum absolute atomic E-state index is 0.153. The fourth-order valence-corrected chi connectivity index (χ4v) is 0.480. The summed E-state index contributed by atoms with van der Waals surface area (Å²) in [4.78, 5) is 0. The van der Waals surface area contributed by atoms with Crippen LogP contribution in [0, 0.1) is 5.92 Å². The summed E-state index contributed by atoms with van der Waals surface area (Å²) in [5.74, 6) is 0.491. The van der Waals surface area contributed by atoms with Gasteiger partial charge in [-0.3, -0.25) is 0 Å². The van der Waals surface area contributed by atoms with E-state index in [9.17, 15) is 0 Å². The first-order valence-corrected chi connectivity index (χ1v) is 3.62. The van der Waals surface area contributed by atoms with Gasteiger partial charge in [0.05, 0.1) is 13.2 Å². The number of hydrogen-bond acceptors (Lipinski definition) is 2. The van der Waals surface area contributed by atoms with Crippen molar-refractivity contribution in [2.45, 2.75) is 19.9 Å². The first-order valence-electron chi connectivity index (χ1n) is 3.62. The number of rotatable bonds is 5. The third-order valence-electron chi connectivity index (χ3n) is 1.40. The molecular weight excluding hydrogens is 126 g/mol. The molecule has 0 aromatic carbocycles. The molecule has 0 saturated heterocycles. The van der Waals surface area contributed by atoms with Crippen molar-refractivity contribution < 1.29 is 4.74 Å². The molecule has 0 amide bonds. The normalized spacial score (nSPS) is 13.6. The lowest BCUT2D eigenvalue weighted by atomic mass is 10.1. The van der Waals surface area contributed by atoms with Crippen LogP contribution in [-0.4, -0.2) is 19.3 Å². The van der Waals surface area contributed by atoms with Crippen molar-refractivity contribution in [2.75, 3.05) is 13.2 Å². The summed E-state index contributed by atoms with van der Waals surface area (Å²) >= 11 is 0. The van der Waals surface area contributed by atoms with Gasteiger partial charge in [-0.1, -0.05) is 19.9 Å². The molecule has 0 aliphatic carbocycles. The molecule has 0 saturated carbocycles. The van der Waals surface area contributed by atoms with Crippen LogP contribution in [0.25, 0.3) is 0 Å². The van der Waals surface area contributed by atoms with Crippen LogP contribution in [-0.2, 0) is 4.74 Å². The largest absolute Gasteiger partial charge is 0.376 e. The highest BCUT2D eigenvalue weighted by molar-refractivity contribution is 4.67. The summed E-state index contributed by atoms with van der Waals surface area (Å²) in [7, 11) is 0. The molecule has 0 rings (SSSR count). The zero-order valence-corrected chi connectivity index (χ0v) is 6.84. The lowest BCUT2D eigenvalue weighted by Gasteiger charge is -2.14. The molecule has 0 radical (unpaired) electrons. The Morgan fingerprint density at radius 3 is 2.60 bits per heavy atom. The van der Waals surface area contributed by atoms with E-state index >= 15 is 0 Å². The highest BCUT2D eigenvalue weighted by atomic mass is 16.5. The monoisotopic (exact) mass is 143 g/mol. The van der Waals surface area contributed by atoms with E-state index in [1.807, 2.05) is 0 Å². The molecule has 0 aliphatic rings. The van der Waals surface area contributed by atoms with E-state index in [2.05, 4.69) is 20.4 Å². The predicted molar refractivity (Wildman–Crippen MR) is 43.8 cm³/mol. The summed E-state index contributed by atoms with van der Waals surface area (Å²) in [5.41, 5.74) is 5.70. The van der Waals surface area contributed by atoms with Crippen molar-refractivity contribution >= 4 is 0 Å². The van der Waals surface area contributed by atoms with E-state index in [1.165, 1.54) is 0 Å². The van der Waals surface area contributed by atoms with Crippen LogP contribution in [0.5, 0.6) is 0 Å². The molecule has 0 unspecified atom stereocenters. The van der Waals surface area contributed by atoms with Gasteiger partial charge in [0.2, 0.25) is 0 Å². The molecule has 0 aliphatic heterocycles. The lowest BCUT2D eigenvalue weighted by Crippen LogP contribution is -2.31. The first-order chi connectivity index (χ1) is 4.68. The minimum Gasteiger partial charge on any atom is -0.376 e. The standard InChI is InChI=1S/C8H17NO/c1-4-5-10-6-8(9)7(2)3/h4,7-8H,1,5-6,9H2,2-3H3/t8-/m0/s1. The van der Waals surface area contributed by atoms with E-state index in [0.29, 0.717) is 19.1 Å². The van der Waals surface area contributed by atoms with E-state index in [-0.39, 0.29) is 6.04 Å². The van der Waals surface area contributed by atoms with Gasteiger partial charge in [0.1, 0.15) is 0 Å². The molecule has 0 heterocycles. The van der Waals surface area contributed by atoms with Crippen molar-refractivity contribution in [3.63, 3.8) is 0 Å². The number of ether oxygens (including phenoxy) is 1. The van der Waals surface area contributed by atoms with E-state index in [4.69, 9.17) is 10.5 Å². The van der Waals surface area contributed by atoms with E-state index in [1.54, 1.807) is 6.08 Å². The van der Waals surface area contributed by atoms with Gasteiger partial charge >= 0.3 is 0 Å². The van der Waals surface area contributed by atoms with E-state index < -0.39 is 0 Å². The van der Waals surface area contributed by atoms with Gasteiger partial charge in [-0.15, -0.1) is 6.58 Å². The maximum absolute atomic E-state index is 5.70. The Balaban J connectivity index is 3.21. The molecule has 0 aromatic heterocycles. The smallest absolute Gasteiger partial charge is 0.0645 e. The van der Waals surface area contributed by atoms with Crippen molar-refractivity contribution in [3.05, 3.63) is 12.7 Å². The molecule has 2 N–H and O–H groups in total. The molecule has 0 bridgehead atoms. The Hall–Kier alpha value is -0.340. The maximum Gasteiger partial charge on any atom is 0.0645 e. The van der Waals surface area contributed by atoms with Crippen LogP contribution in [0.3, 0.4) is 0 Å². The zero-order valence-electron chi connectivity index (χ0n) is 6.84. The predicted octanol–water partition coefficient (Wildman–Crippen LogP) is 1.17. The highest BCUT2D eigenvalue weighted by Crippen LogP contribution is 1.97. The number of nitrogens with two attached hydrogens (primary N) is 1.